The third-order valence-electron chi connectivity index (χ3n) is 7.27. The number of ether oxygens (including phenoxy) is 2. The number of nitrogens with one attached hydrogen (secondary N) is 1. The highest BCUT2D eigenvalue weighted by Crippen LogP contribution is 2.58. The molecule has 0 spiro atoms. The Morgan fingerprint density at radius 2 is 1.91 bits per heavy atom. The zero-order valence-corrected chi connectivity index (χ0v) is 25.5. The SMILES string of the molecule is Nc1ncnc2c1ncn2[C@@H]1O[C@@H]2COP(O)(=S)O[C@@H]3C[C@@H](COP(=O)(S)O[C@H]2[C@H]1F)O[C@H]3n1cc(F)c2c(=O)[nH]cnc21. The fraction of sp³-hybridized carbons (Fsp3) is 0.476. The quantitative estimate of drug-likeness (QED) is 0.174. The highest BCUT2D eigenvalue weighted by Gasteiger charge is 2.52. The minimum absolute atomic E-state index is 0.0128. The number of fused-ring (bicyclic) bond motifs is 5. The summed E-state index contributed by atoms with van der Waals surface area (Å²) in [6, 6.07) is 0. The van der Waals surface area contributed by atoms with E-state index in [1.165, 1.54) is 21.8 Å². The highest BCUT2D eigenvalue weighted by atomic mass is 32.7. The van der Waals surface area contributed by atoms with E-state index in [-0.39, 0.29) is 34.4 Å². The monoisotopic (exact) mass is 694 g/mol. The first-order valence-electron chi connectivity index (χ1n) is 12.8. The lowest BCUT2D eigenvalue weighted by molar-refractivity contribution is -0.0583. The van der Waals surface area contributed by atoms with Crippen LogP contribution in [0.15, 0.2) is 30.0 Å². The average molecular weight is 695 g/mol. The van der Waals surface area contributed by atoms with Crippen LogP contribution in [0.4, 0.5) is 14.6 Å². The van der Waals surface area contributed by atoms with E-state index in [1.807, 2.05) is 0 Å². The zero-order chi connectivity index (χ0) is 31.0. The molecule has 44 heavy (non-hydrogen) atoms. The normalized spacial score (nSPS) is 36.6. The molecule has 9 atom stereocenters. The lowest BCUT2D eigenvalue weighted by atomic mass is 10.1. The number of nitrogen functional groups attached to an aromatic ring is 1. The summed E-state index contributed by atoms with van der Waals surface area (Å²) in [7, 11) is 0. The smallest absolute Gasteiger partial charge is 0.382 e. The lowest BCUT2D eigenvalue weighted by Gasteiger charge is -2.27. The third-order valence-corrected chi connectivity index (χ3v) is 10.5. The standard InChI is InChI=1S/C21H22F2N8O9P2S2/c22-9-2-30(17-12(9)19(32)28-6-26-17)20-10-1-8(37-20)3-35-42(34,44)40-15-11(4-36-41(33,43)39-10)38-21(13(15)23)31-7-29-14-16(24)25-5-27-18(14)31/h2,5-8,10-11,13,15,20-21H,1,3-4H2,(H,33,43)(H,34,44)(H2,24,25,27)(H,26,28,32)/t8-,10+,11+,13+,15+,20+,21+,41?,42?/m0/s1. The molecule has 0 amide bonds. The van der Waals surface area contributed by atoms with E-state index in [1.54, 1.807) is 0 Å². The fourth-order valence-electron chi connectivity index (χ4n) is 5.37. The van der Waals surface area contributed by atoms with Crippen molar-refractivity contribution in [2.45, 2.75) is 49.5 Å². The maximum atomic E-state index is 16.0. The van der Waals surface area contributed by atoms with Crippen molar-refractivity contribution >= 4 is 65.6 Å². The molecule has 3 aliphatic heterocycles. The van der Waals surface area contributed by atoms with Gasteiger partial charge in [0, 0.05) is 12.6 Å². The molecular weight excluding hydrogens is 672 g/mol. The van der Waals surface area contributed by atoms with Gasteiger partial charge in [-0.3, -0.25) is 18.4 Å². The minimum Gasteiger partial charge on any atom is -0.382 e. The number of hydrogen-bond acceptors (Lipinski definition) is 14. The number of anilines is 1. The summed E-state index contributed by atoms with van der Waals surface area (Å²) in [6.45, 7) is -9.40. The van der Waals surface area contributed by atoms with E-state index in [4.69, 9.17) is 45.1 Å². The molecule has 0 aliphatic carbocycles. The third kappa shape index (κ3) is 5.39. The number of imidazole rings is 1. The number of nitrogens with two attached hydrogens (primary N) is 1. The Hall–Kier alpha value is -2.42. The molecule has 23 heteroatoms. The largest absolute Gasteiger partial charge is 0.386 e. The number of nitrogens with zero attached hydrogens (tertiary/aromatic N) is 6. The minimum atomic E-state index is -4.29. The van der Waals surface area contributed by atoms with E-state index in [9.17, 15) is 18.6 Å². The van der Waals surface area contributed by atoms with Gasteiger partial charge in [0.1, 0.15) is 35.5 Å². The van der Waals surface area contributed by atoms with Gasteiger partial charge in [-0.05, 0) is 11.8 Å². The van der Waals surface area contributed by atoms with Crippen molar-refractivity contribution in [1.29, 1.82) is 0 Å². The molecule has 7 heterocycles. The van der Waals surface area contributed by atoms with Crippen molar-refractivity contribution in [1.82, 2.24) is 34.1 Å². The first-order valence-corrected chi connectivity index (χ1v) is 18.1. The summed E-state index contributed by atoms with van der Waals surface area (Å²) >= 11 is 9.27. The second-order valence-corrected chi connectivity index (χ2v) is 15.7. The van der Waals surface area contributed by atoms with E-state index < -0.39 is 81.1 Å². The van der Waals surface area contributed by atoms with Gasteiger partial charge in [0.25, 0.3) is 5.56 Å². The second kappa shape index (κ2) is 11.1. The van der Waals surface area contributed by atoms with Crippen LogP contribution in [0, 0.1) is 5.82 Å². The summed E-state index contributed by atoms with van der Waals surface area (Å²) in [5.41, 5.74) is 5.42. The number of thiol groups is 1. The number of hydrogen-bond donors (Lipinski definition) is 4. The molecule has 17 nitrogen and oxygen atoms in total. The van der Waals surface area contributed by atoms with Gasteiger partial charge >= 0.3 is 13.5 Å². The molecule has 2 bridgehead atoms. The molecule has 236 valence electrons. The average Bonchev–Trinajstić information content (AvgIpc) is 3.72. The molecule has 4 aromatic rings. The van der Waals surface area contributed by atoms with Crippen LogP contribution >= 0.6 is 25.8 Å². The van der Waals surface area contributed by atoms with Gasteiger partial charge in [0.05, 0.1) is 32.0 Å². The van der Waals surface area contributed by atoms with Crippen LogP contribution in [0.25, 0.3) is 22.2 Å². The van der Waals surface area contributed by atoms with Gasteiger partial charge in [-0.2, -0.15) is 0 Å². The molecule has 4 aromatic heterocycles. The van der Waals surface area contributed by atoms with Crippen molar-refractivity contribution < 1.29 is 45.8 Å². The van der Waals surface area contributed by atoms with Crippen LogP contribution in [0.2, 0.25) is 0 Å². The van der Waals surface area contributed by atoms with E-state index in [0.29, 0.717) is 0 Å². The number of halogens is 2. The van der Waals surface area contributed by atoms with Gasteiger partial charge in [-0.1, -0.05) is 12.2 Å². The van der Waals surface area contributed by atoms with Crippen molar-refractivity contribution in [2.24, 2.45) is 0 Å². The van der Waals surface area contributed by atoms with Crippen LogP contribution in [0.1, 0.15) is 18.9 Å². The van der Waals surface area contributed by atoms with Gasteiger partial charge in [0.2, 0.25) is 0 Å². The zero-order valence-electron chi connectivity index (χ0n) is 22.0. The molecule has 7 rings (SSSR count). The van der Waals surface area contributed by atoms with E-state index >= 15 is 4.39 Å². The Labute approximate surface area is 254 Å². The Morgan fingerprint density at radius 1 is 1.09 bits per heavy atom. The molecule has 4 N–H and O–H groups in total. The number of rotatable bonds is 2. The first kappa shape index (κ1) is 30.2. The molecule has 3 saturated heterocycles. The molecule has 0 radical (unpaired) electrons. The summed E-state index contributed by atoms with van der Waals surface area (Å²) < 4.78 is 80.7. The first-order chi connectivity index (χ1) is 20.9. The maximum Gasteiger partial charge on any atom is 0.386 e. The highest BCUT2D eigenvalue weighted by molar-refractivity contribution is 8.44. The summed E-state index contributed by atoms with van der Waals surface area (Å²) in [4.78, 5) is 41.6. The topological polar surface area (TPSA) is 213 Å². The molecule has 0 aromatic carbocycles. The summed E-state index contributed by atoms with van der Waals surface area (Å²) in [5.74, 6) is -0.817. The van der Waals surface area contributed by atoms with Gasteiger partial charge in [-0.25, -0.2) is 33.3 Å². The number of H-pyrrole nitrogens is 1. The number of alkyl halides is 1. The maximum absolute atomic E-state index is 16.0. The van der Waals surface area contributed by atoms with E-state index in [0.717, 1.165) is 12.5 Å². The Bertz CT molecular complexity index is 1910. The van der Waals surface area contributed by atoms with Crippen LogP contribution in [-0.2, 0) is 43.9 Å². The van der Waals surface area contributed by atoms with E-state index in [2.05, 4.69) is 37.2 Å². The van der Waals surface area contributed by atoms with Crippen molar-refractivity contribution in [3.05, 3.63) is 41.3 Å². The van der Waals surface area contributed by atoms with Crippen molar-refractivity contribution in [3.63, 3.8) is 0 Å². The van der Waals surface area contributed by atoms with Gasteiger partial charge in [-0.15, -0.1) is 0 Å². The molecule has 2 unspecified atom stereocenters. The van der Waals surface area contributed by atoms with Crippen LogP contribution in [0.3, 0.4) is 0 Å². The Kier molecular flexibility index (Phi) is 7.65. The van der Waals surface area contributed by atoms with Gasteiger partial charge in [0.15, 0.2) is 41.6 Å². The molecule has 3 aliphatic rings. The van der Waals surface area contributed by atoms with Crippen LogP contribution in [0.5, 0.6) is 0 Å². The number of aromatic amines is 1. The lowest BCUT2D eigenvalue weighted by Crippen LogP contribution is -2.34. The summed E-state index contributed by atoms with van der Waals surface area (Å²) in [6.07, 6.45) is -4.97. The Balaban J connectivity index is 1.19. The Morgan fingerprint density at radius 3 is 2.73 bits per heavy atom. The predicted molar refractivity (Wildman–Crippen MR) is 152 cm³/mol. The summed E-state index contributed by atoms with van der Waals surface area (Å²) in [5, 5.41) is -0.323. The van der Waals surface area contributed by atoms with Crippen molar-refractivity contribution in [2.75, 3.05) is 18.9 Å². The second-order valence-electron chi connectivity index (χ2n) is 10.0. The molecular formula is C21H22F2N8O9P2S2. The van der Waals surface area contributed by atoms with Gasteiger partial charge < -0.3 is 38.7 Å². The van der Waals surface area contributed by atoms with Crippen LogP contribution < -0.4 is 11.3 Å². The fourth-order valence-corrected chi connectivity index (χ4v) is 8.32. The van der Waals surface area contributed by atoms with Crippen LogP contribution in [-0.4, -0.2) is 82.7 Å². The molecule has 3 fully saturated rings. The predicted octanol–water partition coefficient (Wildman–Crippen LogP) is 1.88. The van der Waals surface area contributed by atoms with Crippen molar-refractivity contribution in [3.8, 4) is 0 Å². The molecule has 0 saturated carbocycles. The number of aromatic nitrogens is 7.